The molecule has 0 aliphatic carbocycles. The van der Waals surface area contributed by atoms with E-state index in [4.69, 9.17) is 10.2 Å². The van der Waals surface area contributed by atoms with Crippen LogP contribution in [0.3, 0.4) is 0 Å². The molecule has 4 heteroatoms. The second-order valence-electron chi connectivity index (χ2n) is 5.24. The molecule has 0 saturated heterocycles. The quantitative estimate of drug-likeness (QED) is 0.280. The summed E-state index contributed by atoms with van der Waals surface area (Å²) < 4.78 is 0. The Labute approximate surface area is 127 Å². The Kier molecular flexibility index (Phi) is 13.7. The predicted molar refractivity (Wildman–Crippen MR) is 84.3 cm³/mol. The summed E-state index contributed by atoms with van der Waals surface area (Å²) in [5.74, 6) is -1.61. The van der Waals surface area contributed by atoms with E-state index in [1.807, 2.05) is 6.08 Å². The van der Waals surface area contributed by atoms with Crippen LogP contribution in [0.5, 0.6) is 0 Å². The zero-order valence-electron chi connectivity index (χ0n) is 12.8. The number of hydrogen-bond donors (Lipinski definition) is 2. The summed E-state index contributed by atoms with van der Waals surface area (Å²) in [6.45, 7) is 0. The third-order valence-electron chi connectivity index (χ3n) is 3.25. The molecule has 120 valence electrons. The summed E-state index contributed by atoms with van der Waals surface area (Å²) in [7, 11) is 0. The first kappa shape index (κ1) is 19.4. The van der Waals surface area contributed by atoms with Crippen molar-refractivity contribution >= 4 is 11.9 Å². The van der Waals surface area contributed by atoms with E-state index in [1.165, 1.54) is 32.1 Å². The Balaban J connectivity index is 3.15. The normalized spacial score (nSPS) is 11.4. The number of rotatable bonds is 14. The second-order valence-corrected chi connectivity index (χ2v) is 5.24. The molecule has 21 heavy (non-hydrogen) atoms. The molecular formula is C17H28O4. The van der Waals surface area contributed by atoms with Crippen molar-refractivity contribution < 1.29 is 19.8 Å². The molecule has 0 spiro atoms. The van der Waals surface area contributed by atoms with E-state index in [9.17, 15) is 9.59 Å². The molecule has 0 aromatic heterocycles. The summed E-state index contributed by atoms with van der Waals surface area (Å²) in [5.41, 5.74) is 0. The number of aliphatic carboxylic acids is 2. The van der Waals surface area contributed by atoms with Crippen LogP contribution in [-0.4, -0.2) is 22.2 Å². The molecule has 0 radical (unpaired) electrons. The standard InChI is InChI=1S/C17H28O4/c18-16(19)14-12-10-8-6-4-2-1-3-5-7-9-11-13-15-17(20)21/h8,10,12,14H,1-7,9,11,13,15H2,(H,18,19)(H,20,21). The number of hydrogen-bond acceptors (Lipinski definition) is 2. The summed E-state index contributed by atoms with van der Waals surface area (Å²) in [6, 6.07) is 0. The van der Waals surface area contributed by atoms with Gasteiger partial charge < -0.3 is 10.2 Å². The van der Waals surface area contributed by atoms with E-state index in [0.717, 1.165) is 38.2 Å². The molecule has 0 heterocycles. The van der Waals surface area contributed by atoms with Gasteiger partial charge in [0.15, 0.2) is 0 Å². The molecule has 0 rings (SSSR count). The van der Waals surface area contributed by atoms with Crippen molar-refractivity contribution in [2.45, 2.75) is 70.6 Å². The minimum atomic E-state index is -0.914. The van der Waals surface area contributed by atoms with Crippen molar-refractivity contribution in [3.8, 4) is 0 Å². The monoisotopic (exact) mass is 296 g/mol. The van der Waals surface area contributed by atoms with Gasteiger partial charge in [0, 0.05) is 12.5 Å². The summed E-state index contributed by atoms with van der Waals surface area (Å²) >= 11 is 0. The van der Waals surface area contributed by atoms with E-state index < -0.39 is 11.9 Å². The molecule has 0 unspecified atom stereocenters. The SMILES string of the molecule is O=C(O)C=CC=CCCCCCCCCCCCC(=O)O. The minimum absolute atomic E-state index is 0.301. The van der Waals surface area contributed by atoms with Crippen LogP contribution in [0.25, 0.3) is 0 Å². The summed E-state index contributed by atoms with van der Waals surface area (Å²) in [5, 5.41) is 16.9. The van der Waals surface area contributed by atoms with Crippen LogP contribution in [0, 0.1) is 0 Å². The molecular weight excluding hydrogens is 268 g/mol. The number of carboxylic acid groups (broad SMARTS) is 2. The lowest BCUT2D eigenvalue weighted by Gasteiger charge is -2.01. The van der Waals surface area contributed by atoms with Crippen molar-refractivity contribution in [2.24, 2.45) is 0 Å². The molecule has 0 aromatic carbocycles. The van der Waals surface area contributed by atoms with Crippen LogP contribution in [0.1, 0.15) is 70.6 Å². The lowest BCUT2D eigenvalue weighted by Crippen LogP contribution is -1.93. The van der Waals surface area contributed by atoms with Crippen LogP contribution in [0.2, 0.25) is 0 Å². The number of unbranched alkanes of at least 4 members (excludes halogenated alkanes) is 9. The zero-order valence-corrected chi connectivity index (χ0v) is 12.8. The van der Waals surface area contributed by atoms with Crippen molar-refractivity contribution in [3.05, 3.63) is 24.3 Å². The van der Waals surface area contributed by atoms with Gasteiger partial charge in [-0.3, -0.25) is 4.79 Å². The van der Waals surface area contributed by atoms with E-state index >= 15 is 0 Å². The predicted octanol–water partition coefficient (Wildman–Crippen LogP) is 4.56. The topological polar surface area (TPSA) is 74.6 Å². The van der Waals surface area contributed by atoms with Gasteiger partial charge >= 0.3 is 11.9 Å². The van der Waals surface area contributed by atoms with Crippen LogP contribution in [-0.2, 0) is 9.59 Å². The number of carboxylic acids is 2. The molecule has 4 nitrogen and oxygen atoms in total. The third kappa shape index (κ3) is 18.4. The Hall–Kier alpha value is -1.58. The van der Waals surface area contributed by atoms with Crippen LogP contribution >= 0.6 is 0 Å². The van der Waals surface area contributed by atoms with Crippen LogP contribution < -0.4 is 0 Å². The Morgan fingerprint density at radius 3 is 1.76 bits per heavy atom. The largest absolute Gasteiger partial charge is 0.481 e. The van der Waals surface area contributed by atoms with Crippen molar-refractivity contribution in [1.82, 2.24) is 0 Å². The average Bonchev–Trinajstić information content (AvgIpc) is 2.42. The molecule has 0 aliphatic rings. The van der Waals surface area contributed by atoms with Gasteiger partial charge in [-0.2, -0.15) is 0 Å². The van der Waals surface area contributed by atoms with E-state index in [0.29, 0.717) is 6.42 Å². The van der Waals surface area contributed by atoms with Gasteiger partial charge in [0.25, 0.3) is 0 Å². The molecule has 0 amide bonds. The lowest BCUT2D eigenvalue weighted by atomic mass is 10.1. The second kappa shape index (κ2) is 14.8. The van der Waals surface area contributed by atoms with Gasteiger partial charge in [-0.25, -0.2) is 4.79 Å². The number of allylic oxidation sites excluding steroid dienone is 3. The highest BCUT2D eigenvalue weighted by molar-refractivity contribution is 5.80. The summed E-state index contributed by atoms with van der Waals surface area (Å²) in [4.78, 5) is 20.5. The van der Waals surface area contributed by atoms with E-state index in [2.05, 4.69) is 0 Å². The Morgan fingerprint density at radius 2 is 1.24 bits per heavy atom. The molecule has 0 atom stereocenters. The van der Waals surface area contributed by atoms with Crippen molar-refractivity contribution in [1.29, 1.82) is 0 Å². The Bertz CT molecular complexity index is 332. The van der Waals surface area contributed by atoms with E-state index in [-0.39, 0.29) is 0 Å². The third-order valence-corrected chi connectivity index (χ3v) is 3.25. The highest BCUT2D eigenvalue weighted by atomic mass is 16.4. The van der Waals surface area contributed by atoms with Gasteiger partial charge in [0.2, 0.25) is 0 Å². The maximum absolute atomic E-state index is 10.3. The van der Waals surface area contributed by atoms with Gasteiger partial charge in [-0.1, -0.05) is 63.2 Å². The van der Waals surface area contributed by atoms with Gasteiger partial charge in [0.05, 0.1) is 0 Å². The average molecular weight is 296 g/mol. The van der Waals surface area contributed by atoms with Crippen LogP contribution in [0.15, 0.2) is 24.3 Å². The fourth-order valence-corrected chi connectivity index (χ4v) is 2.09. The zero-order chi connectivity index (χ0) is 15.8. The maximum atomic E-state index is 10.3. The smallest absolute Gasteiger partial charge is 0.328 e. The van der Waals surface area contributed by atoms with Crippen molar-refractivity contribution in [2.75, 3.05) is 0 Å². The van der Waals surface area contributed by atoms with Gasteiger partial charge in [0.1, 0.15) is 0 Å². The fourth-order valence-electron chi connectivity index (χ4n) is 2.09. The molecule has 0 bridgehead atoms. The molecule has 2 N–H and O–H groups in total. The molecule has 0 saturated carbocycles. The maximum Gasteiger partial charge on any atom is 0.328 e. The van der Waals surface area contributed by atoms with Gasteiger partial charge in [-0.15, -0.1) is 0 Å². The minimum Gasteiger partial charge on any atom is -0.481 e. The molecule has 0 aromatic rings. The first-order chi connectivity index (χ1) is 10.1. The Morgan fingerprint density at radius 1 is 0.714 bits per heavy atom. The molecule has 0 fully saturated rings. The molecule has 0 aliphatic heterocycles. The highest BCUT2D eigenvalue weighted by Gasteiger charge is 1.96. The van der Waals surface area contributed by atoms with E-state index in [1.54, 1.807) is 12.2 Å². The highest BCUT2D eigenvalue weighted by Crippen LogP contribution is 2.11. The first-order valence-electron chi connectivity index (χ1n) is 7.91. The summed E-state index contributed by atoms with van der Waals surface area (Å²) in [6.07, 6.45) is 18.0. The number of carbonyl (C=O) groups is 2. The lowest BCUT2D eigenvalue weighted by molar-refractivity contribution is -0.137. The van der Waals surface area contributed by atoms with Crippen molar-refractivity contribution in [3.63, 3.8) is 0 Å². The fraction of sp³-hybridized carbons (Fsp3) is 0.647. The first-order valence-corrected chi connectivity index (χ1v) is 7.91. The van der Waals surface area contributed by atoms with Gasteiger partial charge in [-0.05, 0) is 19.3 Å². The van der Waals surface area contributed by atoms with Crippen LogP contribution in [0.4, 0.5) is 0 Å².